The second-order valence-electron chi connectivity index (χ2n) is 2.23. The van der Waals surface area contributed by atoms with Gasteiger partial charge in [-0.2, -0.15) is 0 Å². The van der Waals surface area contributed by atoms with E-state index in [2.05, 4.69) is 0 Å². The van der Waals surface area contributed by atoms with Crippen LogP contribution in [0.15, 0.2) is 0 Å². The molecule has 4 nitrogen and oxygen atoms in total. The molecule has 68 valence electrons. The Bertz CT molecular complexity index is 111. The van der Waals surface area contributed by atoms with Crippen molar-refractivity contribution >= 4 is 29.9 Å². The number of nitrogens with two attached hydrogens (primary N) is 2. The van der Waals surface area contributed by atoms with Gasteiger partial charge in [-0.25, -0.2) is 0 Å². The first-order valence-electron chi connectivity index (χ1n) is 3.37. The van der Waals surface area contributed by atoms with Crippen LogP contribution in [0.1, 0.15) is 19.3 Å². The number of rotatable bonds is 5. The molecule has 5 heteroatoms. The van der Waals surface area contributed by atoms with Gasteiger partial charge in [0.05, 0.1) is 0 Å². The first-order valence-corrected chi connectivity index (χ1v) is 3.37. The van der Waals surface area contributed by atoms with Crippen molar-refractivity contribution in [3.8, 4) is 0 Å². The van der Waals surface area contributed by atoms with E-state index in [-0.39, 0.29) is 24.0 Å². The molecule has 0 aromatic carbocycles. The number of carbonyl (C=O) groups is 1. The highest BCUT2D eigenvalue weighted by atomic mass is 127. The molecule has 0 rings (SSSR count). The number of hydrogen-bond acceptors (Lipinski definition) is 3. The summed E-state index contributed by atoms with van der Waals surface area (Å²) in [5, 5.41) is 8.33. The Hall–Kier alpha value is 0.120. The van der Waals surface area contributed by atoms with Gasteiger partial charge in [-0.05, 0) is 19.4 Å². The van der Waals surface area contributed by atoms with Crippen molar-refractivity contribution < 1.29 is 9.90 Å². The maximum atomic E-state index is 10.1. The summed E-state index contributed by atoms with van der Waals surface area (Å²) in [5.74, 6) is -0.933. The first kappa shape index (κ1) is 13.7. The number of carboxylic acid groups (broad SMARTS) is 1. The normalized spacial score (nSPS) is 11.8. The van der Waals surface area contributed by atoms with Crippen molar-refractivity contribution in [3.63, 3.8) is 0 Å². The zero-order chi connectivity index (χ0) is 7.98. The van der Waals surface area contributed by atoms with Crippen LogP contribution in [-0.4, -0.2) is 23.7 Å². The monoisotopic (exact) mass is 274 g/mol. The first-order chi connectivity index (χ1) is 4.68. The number of halogens is 1. The average molecular weight is 274 g/mol. The van der Waals surface area contributed by atoms with Gasteiger partial charge in [0.15, 0.2) is 0 Å². The molecule has 11 heavy (non-hydrogen) atoms. The molecule has 0 aliphatic rings. The van der Waals surface area contributed by atoms with Gasteiger partial charge in [0, 0.05) is 0 Å². The van der Waals surface area contributed by atoms with E-state index in [0.717, 1.165) is 12.8 Å². The van der Waals surface area contributed by atoms with Crippen LogP contribution in [0, 0.1) is 0 Å². The SMILES string of the molecule is I.NCCCCC(N)C(=O)O. The largest absolute Gasteiger partial charge is 0.480 e. The van der Waals surface area contributed by atoms with Crippen molar-refractivity contribution in [2.75, 3.05) is 6.54 Å². The fourth-order valence-electron chi connectivity index (χ4n) is 0.632. The third-order valence-electron chi connectivity index (χ3n) is 1.29. The Balaban J connectivity index is 0. The summed E-state index contributed by atoms with van der Waals surface area (Å²) in [7, 11) is 0. The molecule has 0 aromatic rings. The minimum Gasteiger partial charge on any atom is -0.480 e. The maximum absolute atomic E-state index is 10.1. The Labute approximate surface area is 83.3 Å². The predicted octanol–water partition coefficient (Wildman–Crippen LogP) is 0.145. The third-order valence-corrected chi connectivity index (χ3v) is 1.29. The molecule has 0 saturated heterocycles. The lowest BCUT2D eigenvalue weighted by Crippen LogP contribution is -2.29. The smallest absolute Gasteiger partial charge is 0.320 e. The molecule has 0 bridgehead atoms. The van der Waals surface area contributed by atoms with Crippen LogP contribution in [-0.2, 0) is 4.79 Å². The number of aliphatic carboxylic acids is 1. The highest BCUT2D eigenvalue weighted by Gasteiger charge is 2.09. The van der Waals surface area contributed by atoms with Crippen molar-refractivity contribution in [3.05, 3.63) is 0 Å². The van der Waals surface area contributed by atoms with E-state index in [1.807, 2.05) is 0 Å². The minimum absolute atomic E-state index is 0. The number of unbranched alkanes of at least 4 members (excludes halogenated alkanes) is 1. The van der Waals surface area contributed by atoms with Crippen molar-refractivity contribution in [2.24, 2.45) is 11.5 Å². The van der Waals surface area contributed by atoms with Gasteiger partial charge >= 0.3 is 5.97 Å². The van der Waals surface area contributed by atoms with Crippen molar-refractivity contribution in [1.29, 1.82) is 0 Å². The maximum Gasteiger partial charge on any atom is 0.320 e. The van der Waals surface area contributed by atoms with Crippen LogP contribution in [0.4, 0.5) is 0 Å². The molecule has 0 spiro atoms. The molecular weight excluding hydrogens is 259 g/mol. The highest BCUT2D eigenvalue weighted by Crippen LogP contribution is 1.96. The van der Waals surface area contributed by atoms with Crippen LogP contribution in [0.25, 0.3) is 0 Å². The fraction of sp³-hybridized carbons (Fsp3) is 0.833. The number of hydrogen-bond donors (Lipinski definition) is 3. The van der Waals surface area contributed by atoms with E-state index >= 15 is 0 Å². The summed E-state index contributed by atoms with van der Waals surface area (Å²) in [6, 6.07) is -0.716. The summed E-state index contributed by atoms with van der Waals surface area (Å²) in [5.41, 5.74) is 10.4. The van der Waals surface area contributed by atoms with Gasteiger partial charge < -0.3 is 16.6 Å². The standard InChI is InChI=1S/C6H14N2O2.HI/c7-4-2-1-3-5(8)6(9)10;/h5H,1-4,7-8H2,(H,9,10);1H. The molecule has 0 saturated carbocycles. The van der Waals surface area contributed by atoms with Gasteiger partial charge in [-0.15, -0.1) is 24.0 Å². The van der Waals surface area contributed by atoms with E-state index in [0.29, 0.717) is 13.0 Å². The lowest BCUT2D eigenvalue weighted by atomic mass is 10.1. The van der Waals surface area contributed by atoms with Gasteiger partial charge in [0.25, 0.3) is 0 Å². The van der Waals surface area contributed by atoms with Gasteiger partial charge in [-0.1, -0.05) is 6.42 Å². The van der Waals surface area contributed by atoms with E-state index in [1.54, 1.807) is 0 Å². The van der Waals surface area contributed by atoms with E-state index in [4.69, 9.17) is 16.6 Å². The summed E-state index contributed by atoms with van der Waals surface area (Å²) in [6.07, 6.45) is 2.16. The van der Waals surface area contributed by atoms with E-state index < -0.39 is 12.0 Å². The Kier molecular flexibility index (Phi) is 10.2. The zero-order valence-corrected chi connectivity index (χ0v) is 8.65. The second-order valence-corrected chi connectivity index (χ2v) is 2.23. The van der Waals surface area contributed by atoms with Gasteiger partial charge in [-0.3, -0.25) is 4.79 Å². The average Bonchev–Trinajstić information content (AvgIpc) is 1.88. The topological polar surface area (TPSA) is 89.3 Å². The molecular formula is C6H15IN2O2. The molecule has 0 aliphatic heterocycles. The molecule has 0 fully saturated rings. The lowest BCUT2D eigenvalue weighted by molar-refractivity contribution is -0.138. The summed E-state index contributed by atoms with van der Waals surface area (Å²) >= 11 is 0. The predicted molar refractivity (Wildman–Crippen MR) is 53.9 cm³/mol. The number of carboxylic acids is 1. The van der Waals surface area contributed by atoms with Crippen LogP contribution in [0.2, 0.25) is 0 Å². The van der Waals surface area contributed by atoms with Crippen molar-refractivity contribution in [2.45, 2.75) is 25.3 Å². The second kappa shape index (κ2) is 8.22. The molecule has 1 atom stereocenters. The van der Waals surface area contributed by atoms with Crippen molar-refractivity contribution in [1.82, 2.24) is 0 Å². The van der Waals surface area contributed by atoms with E-state index in [1.165, 1.54) is 0 Å². The molecule has 0 aliphatic carbocycles. The molecule has 0 aromatic heterocycles. The van der Waals surface area contributed by atoms with Crippen LogP contribution in [0.5, 0.6) is 0 Å². The van der Waals surface area contributed by atoms with Gasteiger partial charge in [0.2, 0.25) is 0 Å². The molecule has 1 unspecified atom stereocenters. The lowest BCUT2D eigenvalue weighted by Gasteiger charge is -2.03. The minimum atomic E-state index is -0.933. The van der Waals surface area contributed by atoms with Crippen LogP contribution < -0.4 is 11.5 Å². The van der Waals surface area contributed by atoms with Crippen LogP contribution >= 0.6 is 24.0 Å². The summed E-state index contributed by atoms with van der Waals surface area (Å²) in [6.45, 7) is 0.604. The highest BCUT2D eigenvalue weighted by molar-refractivity contribution is 14.0. The van der Waals surface area contributed by atoms with Crippen LogP contribution in [0.3, 0.4) is 0 Å². The fourth-order valence-corrected chi connectivity index (χ4v) is 0.632. The molecule has 0 heterocycles. The summed E-state index contributed by atoms with van der Waals surface area (Å²) < 4.78 is 0. The van der Waals surface area contributed by atoms with Gasteiger partial charge in [0.1, 0.15) is 6.04 Å². The zero-order valence-electron chi connectivity index (χ0n) is 6.32. The molecule has 5 N–H and O–H groups in total. The molecule has 0 radical (unpaired) electrons. The third kappa shape index (κ3) is 8.02. The Morgan fingerprint density at radius 2 is 2.00 bits per heavy atom. The summed E-state index contributed by atoms with van der Waals surface area (Å²) in [4.78, 5) is 10.1. The molecule has 0 amide bonds. The quantitative estimate of drug-likeness (QED) is 0.491. The van der Waals surface area contributed by atoms with E-state index in [9.17, 15) is 4.79 Å². The Morgan fingerprint density at radius 1 is 1.45 bits per heavy atom. The Morgan fingerprint density at radius 3 is 2.36 bits per heavy atom.